The van der Waals surface area contributed by atoms with Crippen molar-refractivity contribution in [2.45, 2.75) is 37.4 Å². The Labute approximate surface area is 126 Å². The Hall–Kier alpha value is -1.60. The molecule has 1 heterocycles. The van der Waals surface area contributed by atoms with Crippen molar-refractivity contribution in [3.05, 3.63) is 29.8 Å². The first kappa shape index (κ1) is 16.8. The van der Waals surface area contributed by atoms with Crippen LogP contribution in [-0.4, -0.2) is 30.8 Å². The van der Waals surface area contributed by atoms with Crippen LogP contribution in [0.3, 0.4) is 0 Å². The molecule has 1 saturated heterocycles. The molecule has 1 aliphatic rings. The highest BCUT2D eigenvalue weighted by molar-refractivity contribution is 5.98. The molecule has 1 aromatic carbocycles. The molecule has 0 aliphatic carbocycles. The minimum atomic E-state index is -4.16. The van der Waals surface area contributed by atoms with Crippen molar-refractivity contribution in [1.82, 2.24) is 0 Å². The molecule has 7 heteroatoms. The minimum Gasteiger partial charge on any atom is -0.381 e. The zero-order chi connectivity index (χ0) is 16.2. The predicted octanol–water partition coefficient (Wildman–Crippen LogP) is 2.63. The number of hydrogen-bond acceptors (Lipinski definition) is 3. The lowest BCUT2D eigenvalue weighted by atomic mass is 9.90. The topological polar surface area (TPSA) is 64.4 Å². The number of anilines is 1. The molecule has 0 aromatic heterocycles. The molecule has 4 nitrogen and oxygen atoms in total. The third-order valence-electron chi connectivity index (χ3n) is 3.75. The molecule has 0 bridgehead atoms. The number of nitrogens with one attached hydrogen (secondary N) is 1. The fraction of sp³-hybridized carbons (Fsp3) is 0.533. The number of carbonyl (C=O) groups is 1. The van der Waals surface area contributed by atoms with Gasteiger partial charge >= 0.3 is 6.18 Å². The fourth-order valence-corrected chi connectivity index (χ4v) is 2.26. The van der Waals surface area contributed by atoms with Gasteiger partial charge in [-0.25, -0.2) is 0 Å². The molecule has 2 rings (SSSR count). The molecule has 0 radical (unpaired) electrons. The third-order valence-corrected chi connectivity index (χ3v) is 3.75. The zero-order valence-electron chi connectivity index (χ0n) is 12.1. The minimum absolute atomic E-state index is 0.0735. The van der Waals surface area contributed by atoms with Crippen LogP contribution in [0, 0.1) is 0 Å². The van der Waals surface area contributed by atoms with Gasteiger partial charge in [0.15, 0.2) is 0 Å². The van der Waals surface area contributed by atoms with Gasteiger partial charge in [-0.15, -0.1) is 0 Å². The van der Waals surface area contributed by atoms with Crippen LogP contribution in [0.4, 0.5) is 18.9 Å². The van der Waals surface area contributed by atoms with Crippen LogP contribution in [0.2, 0.25) is 0 Å². The average Bonchev–Trinajstić information content (AvgIpc) is 2.46. The Bertz CT molecular complexity index is 509. The predicted molar refractivity (Wildman–Crippen MR) is 76.4 cm³/mol. The summed E-state index contributed by atoms with van der Waals surface area (Å²) < 4.78 is 41.7. The summed E-state index contributed by atoms with van der Waals surface area (Å²) in [7, 11) is 0. The molecule has 22 heavy (non-hydrogen) atoms. The number of nitrogens with two attached hydrogens (primary N) is 1. The maximum Gasteiger partial charge on any atom is 0.389 e. The number of ether oxygens (including phenoxy) is 1. The number of halogens is 3. The van der Waals surface area contributed by atoms with E-state index >= 15 is 0 Å². The van der Waals surface area contributed by atoms with Gasteiger partial charge in [0.25, 0.3) is 0 Å². The van der Waals surface area contributed by atoms with E-state index in [2.05, 4.69) is 5.32 Å². The van der Waals surface area contributed by atoms with Crippen LogP contribution in [0.15, 0.2) is 24.3 Å². The molecular formula is C15H19F3N2O2. The lowest BCUT2D eigenvalue weighted by molar-refractivity contribution is -0.134. The highest BCUT2D eigenvalue weighted by atomic mass is 19.4. The summed E-state index contributed by atoms with van der Waals surface area (Å²) in [5.74, 6) is -0.293. The largest absolute Gasteiger partial charge is 0.389 e. The summed E-state index contributed by atoms with van der Waals surface area (Å²) in [6.07, 6.45) is -4.20. The van der Waals surface area contributed by atoms with E-state index < -0.39 is 18.1 Å². The molecule has 1 amide bonds. The second kappa shape index (κ2) is 6.66. The lowest BCUT2D eigenvalue weighted by Gasteiger charge is -2.31. The summed E-state index contributed by atoms with van der Waals surface area (Å²) in [5.41, 5.74) is 6.21. The number of aryl methyl sites for hydroxylation is 1. The standard InChI is InChI=1S/C15H19F3N2O2/c16-15(17,18)6-5-11-1-3-12(4-2-11)20-13(21)14(19)7-9-22-10-8-14/h1-4H,5-10,19H2,(H,20,21). The van der Waals surface area contributed by atoms with E-state index in [0.717, 1.165) is 0 Å². The van der Waals surface area contributed by atoms with Crippen LogP contribution < -0.4 is 11.1 Å². The molecule has 1 fully saturated rings. The van der Waals surface area contributed by atoms with Crippen LogP contribution >= 0.6 is 0 Å². The van der Waals surface area contributed by atoms with Crippen molar-refractivity contribution in [3.63, 3.8) is 0 Å². The summed E-state index contributed by atoms with van der Waals surface area (Å²) in [5, 5.41) is 2.71. The van der Waals surface area contributed by atoms with E-state index in [0.29, 0.717) is 37.3 Å². The van der Waals surface area contributed by atoms with Crippen molar-refractivity contribution >= 4 is 11.6 Å². The molecule has 3 N–H and O–H groups in total. The number of carbonyl (C=O) groups excluding carboxylic acids is 1. The van der Waals surface area contributed by atoms with Gasteiger partial charge in [0.1, 0.15) is 5.54 Å². The molecule has 0 atom stereocenters. The molecule has 1 aliphatic heterocycles. The maximum atomic E-state index is 12.2. The van der Waals surface area contributed by atoms with Crippen molar-refractivity contribution in [3.8, 4) is 0 Å². The summed E-state index contributed by atoms with van der Waals surface area (Å²) in [6, 6.07) is 6.33. The highest BCUT2D eigenvalue weighted by Gasteiger charge is 2.35. The van der Waals surface area contributed by atoms with Gasteiger partial charge in [-0.3, -0.25) is 4.79 Å². The van der Waals surface area contributed by atoms with E-state index in [4.69, 9.17) is 10.5 Å². The zero-order valence-corrected chi connectivity index (χ0v) is 12.1. The van der Waals surface area contributed by atoms with Gasteiger partial charge in [-0.1, -0.05) is 12.1 Å². The summed E-state index contributed by atoms with van der Waals surface area (Å²) >= 11 is 0. The fourth-order valence-electron chi connectivity index (χ4n) is 2.26. The Morgan fingerprint density at radius 3 is 2.36 bits per heavy atom. The normalized spacial score (nSPS) is 18.0. The number of benzene rings is 1. The third kappa shape index (κ3) is 4.71. The summed E-state index contributed by atoms with van der Waals surface area (Å²) in [4.78, 5) is 12.2. The van der Waals surface area contributed by atoms with E-state index in [1.807, 2.05) is 0 Å². The van der Waals surface area contributed by atoms with Crippen molar-refractivity contribution in [2.75, 3.05) is 18.5 Å². The second-order valence-electron chi connectivity index (χ2n) is 5.53. The number of rotatable bonds is 4. The molecule has 1 aromatic rings. The molecule has 122 valence electrons. The van der Waals surface area contributed by atoms with Crippen LogP contribution in [0.5, 0.6) is 0 Å². The summed E-state index contributed by atoms with van der Waals surface area (Å²) in [6.45, 7) is 0.889. The van der Waals surface area contributed by atoms with Crippen molar-refractivity contribution < 1.29 is 22.7 Å². The Morgan fingerprint density at radius 1 is 1.23 bits per heavy atom. The van der Waals surface area contributed by atoms with E-state index in [-0.39, 0.29) is 12.3 Å². The van der Waals surface area contributed by atoms with Gasteiger partial charge in [-0.2, -0.15) is 13.2 Å². The van der Waals surface area contributed by atoms with Gasteiger partial charge in [-0.05, 0) is 37.0 Å². The van der Waals surface area contributed by atoms with Gasteiger partial charge in [0, 0.05) is 25.3 Å². The lowest BCUT2D eigenvalue weighted by Crippen LogP contribution is -2.54. The first-order chi connectivity index (χ1) is 10.3. The first-order valence-corrected chi connectivity index (χ1v) is 7.12. The Kier molecular flexibility index (Phi) is 5.08. The maximum absolute atomic E-state index is 12.2. The van der Waals surface area contributed by atoms with E-state index in [9.17, 15) is 18.0 Å². The Balaban J connectivity index is 1.92. The molecule has 0 unspecified atom stereocenters. The SMILES string of the molecule is NC1(C(=O)Nc2ccc(CCC(F)(F)F)cc2)CCOCC1. The quantitative estimate of drug-likeness (QED) is 0.897. The molecule has 0 spiro atoms. The van der Waals surface area contributed by atoms with Crippen LogP contribution in [0.1, 0.15) is 24.8 Å². The van der Waals surface area contributed by atoms with Crippen molar-refractivity contribution in [2.24, 2.45) is 5.73 Å². The molecular weight excluding hydrogens is 297 g/mol. The van der Waals surface area contributed by atoms with Gasteiger partial charge in [0.05, 0.1) is 0 Å². The molecule has 0 saturated carbocycles. The monoisotopic (exact) mass is 316 g/mol. The smallest absolute Gasteiger partial charge is 0.381 e. The van der Waals surface area contributed by atoms with E-state index in [1.165, 1.54) is 0 Å². The van der Waals surface area contributed by atoms with Gasteiger partial charge < -0.3 is 15.8 Å². The second-order valence-corrected chi connectivity index (χ2v) is 5.53. The average molecular weight is 316 g/mol. The van der Waals surface area contributed by atoms with Gasteiger partial charge in [0.2, 0.25) is 5.91 Å². The first-order valence-electron chi connectivity index (χ1n) is 7.12. The highest BCUT2D eigenvalue weighted by Crippen LogP contribution is 2.23. The number of alkyl halides is 3. The number of amides is 1. The van der Waals surface area contributed by atoms with Crippen LogP contribution in [-0.2, 0) is 16.0 Å². The Morgan fingerprint density at radius 2 is 1.82 bits per heavy atom. The number of hydrogen-bond donors (Lipinski definition) is 2. The van der Waals surface area contributed by atoms with E-state index in [1.54, 1.807) is 24.3 Å². The van der Waals surface area contributed by atoms with Crippen molar-refractivity contribution in [1.29, 1.82) is 0 Å². The van der Waals surface area contributed by atoms with Crippen LogP contribution in [0.25, 0.3) is 0 Å².